The Morgan fingerprint density at radius 1 is 0.932 bits per heavy atom. The second-order valence-electron chi connectivity index (χ2n) is 10.5. The molecule has 0 unspecified atom stereocenters. The largest absolute Gasteiger partial charge is 0.472 e. The molecule has 0 radical (unpaired) electrons. The van der Waals surface area contributed by atoms with Crippen LogP contribution in [0.4, 0.5) is 0 Å². The topological polar surface area (TPSA) is 128 Å². The van der Waals surface area contributed by atoms with E-state index in [-0.39, 0.29) is 34.3 Å². The quantitative estimate of drug-likeness (QED) is 0.246. The van der Waals surface area contributed by atoms with E-state index in [1.54, 1.807) is 17.9 Å². The van der Waals surface area contributed by atoms with Gasteiger partial charge in [0.2, 0.25) is 15.9 Å². The van der Waals surface area contributed by atoms with Gasteiger partial charge < -0.3 is 9.64 Å². The van der Waals surface area contributed by atoms with Gasteiger partial charge in [0.15, 0.2) is 11.3 Å². The normalized spacial score (nSPS) is 14.7. The van der Waals surface area contributed by atoms with E-state index in [1.165, 1.54) is 21.1 Å². The van der Waals surface area contributed by atoms with E-state index >= 15 is 0 Å². The molecular weight excluding hydrogens is 580 g/mol. The van der Waals surface area contributed by atoms with Gasteiger partial charge in [-0.3, -0.25) is 9.36 Å². The minimum absolute atomic E-state index is 0.0127. The van der Waals surface area contributed by atoms with E-state index in [2.05, 4.69) is 26.9 Å². The third-order valence-corrected chi connectivity index (χ3v) is 9.76. The van der Waals surface area contributed by atoms with Crippen molar-refractivity contribution in [3.8, 4) is 23.1 Å². The van der Waals surface area contributed by atoms with Crippen molar-refractivity contribution in [2.45, 2.75) is 31.8 Å². The molecule has 0 amide bonds. The zero-order chi connectivity index (χ0) is 30.8. The molecule has 228 valence electrons. The number of pyridine rings is 2. The van der Waals surface area contributed by atoms with Crippen molar-refractivity contribution >= 4 is 21.1 Å². The number of sulfonamides is 1. The lowest BCUT2D eigenvalue weighted by Crippen LogP contribution is -2.48. The zero-order valence-corrected chi connectivity index (χ0v) is 25.7. The Balaban J connectivity index is 1.50. The molecule has 1 aromatic carbocycles. The highest BCUT2D eigenvalue weighted by Crippen LogP contribution is 2.32. The van der Waals surface area contributed by atoms with Gasteiger partial charge in [0, 0.05) is 39.4 Å². The van der Waals surface area contributed by atoms with E-state index in [4.69, 9.17) is 9.72 Å². The highest BCUT2D eigenvalue weighted by atomic mass is 32.2. The van der Waals surface area contributed by atoms with E-state index in [9.17, 15) is 13.2 Å². The van der Waals surface area contributed by atoms with Crippen LogP contribution in [0.25, 0.3) is 28.2 Å². The number of likely N-dealkylation sites (N-methyl/N-ethyl adjacent to an activating group) is 1. The van der Waals surface area contributed by atoms with E-state index < -0.39 is 10.0 Å². The van der Waals surface area contributed by atoms with E-state index in [0.717, 1.165) is 12.1 Å². The minimum atomic E-state index is -3.87. The van der Waals surface area contributed by atoms with Crippen LogP contribution in [0.15, 0.2) is 76.7 Å². The molecule has 5 heterocycles. The summed E-state index contributed by atoms with van der Waals surface area (Å²) in [4.78, 5) is 29.8. The van der Waals surface area contributed by atoms with Crippen LogP contribution < -0.4 is 10.3 Å². The van der Waals surface area contributed by atoms with Crippen molar-refractivity contribution in [1.29, 1.82) is 0 Å². The molecule has 44 heavy (non-hydrogen) atoms. The molecule has 0 bridgehead atoms. The summed E-state index contributed by atoms with van der Waals surface area (Å²) >= 11 is 0. The minimum Gasteiger partial charge on any atom is -0.472 e. The highest BCUT2D eigenvalue weighted by Gasteiger charge is 2.30. The molecule has 13 heteroatoms. The van der Waals surface area contributed by atoms with E-state index in [1.807, 2.05) is 55.5 Å². The molecule has 0 N–H and O–H groups in total. The summed E-state index contributed by atoms with van der Waals surface area (Å²) in [5.74, 6) is 0.956. The summed E-state index contributed by atoms with van der Waals surface area (Å²) in [6, 6.07) is 16.6. The fraction of sp³-hybridized carbons (Fsp3) is 0.323. The summed E-state index contributed by atoms with van der Waals surface area (Å²) in [5.41, 5.74) is 2.13. The van der Waals surface area contributed by atoms with Crippen LogP contribution in [-0.2, 0) is 30.1 Å². The molecule has 0 atom stereocenters. The summed E-state index contributed by atoms with van der Waals surface area (Å²) < 4.78 is 38.2. The molecule has 1 aliphatic heterocycles. The first-order valence-corrected chi connectivity index (χ1v) is 16.1. The second-order valence-corrected chi connectivity index (χ2v) is 12.5. The Morgan fingerprint density at radius 2 is 1.68 bits per heavy atom. The predicted molar refractivity (Wildman–Crippen MR) is 166 cm³/mol. The smallest absolute Gasteiger partial charge is 0.281 e. The van der Waals surface area contributed by atoms with Gasteiger partial charge in [-0.25, -0.2) is 28.1 Å². The first kappa shape index (κ1) is 29.6. The Morgan fingerprint density at radius 3 is 2.36 bits per heavy atom. The number of hydrogen-bond donors (Lipinski definition) is 0. The van der Waals surface area contributed by atoms with Crippen LogP contribution in [0.3, 0.4) is 0 Å². The third kappa shape index (κ3) is 5.49. The fourth-order valence-corrected chi connectivity index (χ4v) is 6.77. The molecular formula is C31H34N8O4S. The van der Waals surface area contributed by atoms with Crippen LogP contribution in [0.2, 0.25) is 0 Å². The number of benzene rings is 1. The van der Waals surface area contributed by atoms with Crippen LogP contribution >= 0.6 is 0 Å². The molecule has 1 aliphatic rings. The monoisotopic (exact) mass is 614 g/mol. The molecule has 1 fully saturated rings. The maximum atomic E-state index is 13.8. The lowest BCUT2D eigenvalue weighted by molar-refractivity contribution is 0.196. The van der Waals surface area contributed by atoms with Crippen molar-refractivity contribution in [1.82, 2.24) is 38.5 Å². The lowest BCUT2D eigenvalue weighted by Gasteiger charge is -2.33. The number of piperazine rings is 1. The van der Waals surface area contributed by atoms with Crippen molar-refractivity contribution in [3.05, 3.63) is 88.6 Å². The maximum Gasteiger partial charge on any atom is 0.281 e. The summed E-state index contributed by atoms with van der Waals surface area (Å²) in [5, 5.41) is 4.58. The number of hydrogen-bond acceptors (Lipinski definition) is 9. The Bertz CT molecular complexity index is 1950. The molecule has 0 spiro atoms. The van der Waals surface area contributed by atoms with E-state index in [0.29, 0.717) is 55.2 Å². The molecule has 4 aromatic heterocycles. The molecule has 1 saturated heterocycles. The molecule has 6 rings (SSSR count). The number of rotatable bonds is 9. The van der Waals surface area contributed by atoms with Gasteiger partial charge in [0.25, 0.3) is 5.56 Å². The number of ether oxygens (including phenoxy) is 1. The van der Waals surface area contributed by atoms with Gasteiger partial charge in [-0.2, -0.15) is 9.40 Å². The average Bonchev–Trinajstić information content (AvgIpc) is 3.45. The first-order chi connectivity index (χ1) is 21.3. The summed E-state index contributed by atoms with van der Waals surface area (Å²) in [6.45, 7) is 7.15. The molecule has 0 saturated carbocycles. The van der Waals surface area contributed by atoms with Crippen LogP contribution in [0.1, 0.15) is 25.1 Å². The average molecular weight is 615 g/mol. The SMILES string of the molecule is CCc1c2nc(-c3cc(S(=O)(=O)N4CCN(CC)CC4)cnc3OCc3ccccc3)n(C)c(=O)c2nn1-c1ccccn1. The van der Waals surface area contributed by atoms with Gasteiger partial charge >= 0.3 is 0 Å². The standard InChI is InChI=1S/C31H34N8O4S/c1-4-25-27-28(35-39(25)26-13-9-10-14-32-26)31(40)36(3)29(34-27)24-19-23(44(41,42)38-17-15-37(5-2)16-18-38)20-33-30(24)43-21-22-11-7-6-8-12-22/h6-14,19-20H,4-5,15-18,21H2,1-3H3. The predicted octanol–water partition coefficient (Wildman–Crippen LogP) is 3.04. The second kappa shape index (κ2) is 12.3. The summed E-state index contributed by atoms with van der Waals surface area (Å²) in [7, 11) is -2.28. The third-order valence-electron chi connectivity index (χ3n) is 7.90. The van der Waals surface area contributed by atoms with Crippen molar-refractivity contribution < 1.29 is 13.2 Å². The van der Waals surface area contributed by atoms with Gasteiger partial charge in [-0.1, -0.05) is 50.2 Å². The van der Waals surface area contributed by atoms with Crippen molar-refractivity contribution in [2.75, 3.05) is 32.7 Å². The number of fused-ring (bicyclic) bond motifs is 1. The van der Waals surface area contributed by atoms with Gasteiger partial charge in [-0.15, -0.1) is 0 Å². The molecule has 12 nitrogen and oxygen atoms in total. The summed E-state index contributed by atoms with van der Waals surface area (Å²) in [6.07, 6.45) is 3.51. The number of nitrogens with zero attached hydrogens (tertiary/aromatic N) is 8. The highest BCUT2D eigenvalue weighted by molar-refractivity contribution is 7.89. The number of aryl methyl sites for hydroxylation is 1. The zero-order valence-electron chi connectivity index (χ0n) is 24.9. The Labute approximate surface area is 255 Å². The molecule has 5 aromatic rings. The number of aromatic nitrogens is 6. The van der Waals surface area contributed by atoms with Gasteiger partial charge in [0.05, 0.1) is 17.5 Å². The van der Waals surface area contributed by atoms with Crippen LogP contribution in [0, 0.1) is 0 Å². The maximum absolute atomic E-state index is 13.8. The van der Waals surface area contributed by atoms with Crippen LogP contribution in [0.5, 0.6) is 5.88 Å². The van der Waals surface area contributed by atoms with Gasteiger partial charge in [-0.05, 0) is 36.7 Å². The van der Waals surface area contributed by atoms with Gasteiger partial charge in [0.1, 0.15) is 22.8 Å². The Hall–Kier alpha value is -4.46. The first-order valence-electron chi connectivity index (χ1n) is 14.6. The molecule has 0 aliphatic carbocycles. The fourth-order valence-electron chi connectivity index (χ4n) is 5.38. The van der Waals surface area contributed by atoms with Crippen molar-refractivity contribution in [2.24, 2.45) is 7.05 Å². The van der Waals surface area contributed by atoms with Crippen molar-refractivity contribution in [3.63, 3.8) is 0 Å². The Kier molecular flexibility index (Phi) is 8.25. The lowest BCUT2D eigenvalue weighted by atomic mass is 10.2. The van der Waals surface area contributed by atoms with Crippen LogP contribution in [-0.4, -0.2) is 79.6 Å².